The van der Waals surface area contributed by atoms with Crippen molar-refractivity contribution in [3.05, 3.63) is 88.4 Å². The minimum absolute atomic E-state index is 0.151. The van der Waals surface area contributed by atoms with Gasteiger partial charge in [-0.05, 0) is 35.9 Å². The molecular weight excluding hydrogens is 470 g/mol. The van der Waals surface area contributed by atoms with Gasteiger partial charge in [-0.25, -0.2) is 0 Å². The second-order valence-corrected chi connectivity index (χ2v) is 9.29. The van der Waals surface area contributed by atoms with Gasteiger partial charge in [0.2, 0.25) is 0 Å². The number of para-hydroxylation sites is 2. The van der Waals surface area contributed by atoms with Crippen LogP contribution in [0.25, 0.3) is 0 Å². The van der Waals surface area contributed by atoms with Crippen LogP contribution in [0.4, 0.5) is 17.1 Å². The summed E-state index contributed by atoms with van der Waals surface area (Å²) in [7, 11) is 0. The van der Waals surface area contributed by atoms with Gasteiger partial charge < -0.3 is 20.3 Å². The van der Waals surface area contributed by atoms with Crippen LogP contribution in [0.1, 0.15) is 11.1 Å². The molecule has 1 amide bonds. The number of amides is 1. The lowest BCUT2D eigenvalue weighted by molar-refractivity contribution is -0.145. The Morgan fingerprint density at radius 2 is 1.75 bits per heavy atom. The van der Waals surface area contributed by atoms with Crippen LogP contribution in [0.5, 0.6) is 0 Å². The van der Waals surface area contributed by atoms with Gasteiger partial charge in [-0.15, -0.1) is 0 Å². The van der Waals surface area contributed by atoms with E-state index in [2.05, 4.69) is 26.6 Å². The Morgan fingerprint density at radius 3 is 2.56 bits per heavy atom. The maximum absolute atomic E-state index is 14.3. The van der Waals surface area contributed by atoms with Crippen molar-refractivity contribution in [2.24, 2.45) is 5.92 Å². The number of fused-ring (bicyclic) bond motifs is 5. The predicted octanol–water partition coefficient (Wildman–Crippen LogP) is 4.27. The van der Waals surface area contributed by atoms with Gasteiger partial charge in [0.15, 0.2) is 5.54 Å². The Morgan fingerprint density at radius 1 is 1.00 bits per heavy atom. The molecule has 3 aromatic rings. The van der Waals surface area contributed by atoms with Gasteiger partial charge in [0.25, 0.3) is 5.91 Å². The number of halogens is 1. The van der Waals surface area contributed by atoms with Gasteiger partial charge in [-0.2, -0.15) is 0 Å². The highest BCUT2D eigenvalue weighted by Gasteiger charge is 2.64. The van der Waals surface area contributed by atoms with Gasteiger partial charge >= 0.3 is 5.97 Å². The molecule has 3 aromatic carbocycles. The number of nitrogens with zero attached hydrogens (tertiary/aromatic N) is 1. The van der Waals surface area contributed by atoms with Crippen molar-refractivity contribution in [1.82, 2.24) is 0 Å². The summed E-state index contributed by atoms with van der Waals surface area (Å²) in [5, 5.41) is 6.95. The SMILES string of the molecule is O=C1OCC2Nc3ccccc3NC3(C(=O)N(Cc4ccccc4)c4ccc(Br)cc43)C12. The topological polar surface area (TPSA) is 70.7 Å². The number of esters is 1. The average Bonchev–Trinajstić information content (AvgIpc) is 3.20. The molecule has 0 aromatic heterocycles. The van der Waals surface area contributed by atoms with Gasteiger partial charge in [-0.3, -0.25) is 9.59 Å². The normalized spacial score (nSPS) is 25.3. The first-order valence-corrected chi connectivity index (χ1v) is 11.3. The van der Waals surface area contributed by atoms with E-state index in [9.17, 15) is 9.59 Å². The van der Waals surface area contributed by atoms with E-state index < -0.39 is 11.5 Å². The molecule has 0 saturated carbocycles. The van der Waals surface area contributed by atoms with Crippen LogP contribution in [0.15, 0.2) is 77.3 Å². The van der Waals surface area contributed by atoms with E-state index in [-0.39, 0.29) is 24.5 Å². The van der Waals surface area contributed by atoms with E-state index in [1.165, 1.54) is 0 Å². The minimum Gasteiger partial charge on any atom is -0.463 e. The molecule has 0 aliphatic carbocycles. The third-order valence-electron chi connectivity index (χ3n) is 6.57. The summed E-state index contributed by atoms with van der Waals surface area (Å²) in [5.41, 5.74) is 2.96. The Bertz CT molecular complexity index is 1250. The Labute approximate surface area is 193 Å². The summed E-state index contributed by atoms with van der Waals surface area (Å²) in [5.74, 6) is -1.23. The largest absolute Gasteiger partial charge is 0.463 e. The number of carbonyl (C=O) groups excluding carboxylic acids is 2. The third-order valence-corrected chi connectivity index (χ3v) is 7.06. The number of ether oxygens (including phenoxy) is 1. The molecule has 3 aliphatic rings. The predicted molar refractivity (Wildman–Crippen MR) is 125 cm³/mol. The summed E-state index contributed by atoms with van der Waals surface area (Å²) >= 11 is 3.57. The molecule has 1 saturated heterocycles. The minimum atomic E-state index is -1.27. The molecule has 2 N–H and O–H groups in total. The van der Waals surface area contributed by atoms with Crippen LogP contribution in [-0.2, 0) is 26.4 Å². The molecule has 1 fully saturated rings. The number of rotatable bonds is 2. The molecule has 6 rings (SSSR count). The lowest BCUT2D eigenvalue weighted by Gasteiger charge is -2.34. The first-order chi connectivity index (χ1) is 15.6. The molecule has 0 bridgehead atoms. The molecule has 3 aliphatic heterocycles. The maximum atomic E-state index is 14.3. The number of anilines is 3. The van der Waals surface area contributed by atoms with Crippen molar-refractivity contribution >= 4 is 44.9 Å². The summed E-state index contributed by atoms with van der Waals surface area (Å²) < 4.78 is 6.33. The summed E-state index contributed by atoms with van der Waals surface area (Å²) in [6.45, 7) is 0.635. The van der Waals surface area contributed by atoms with E-state index >= 15 is 0 Å². The second-order valence-electron chi connectivity index (χ2n) is 8.38. The first-order valence-electron chi connectivity index (χ1n) is 10.5. The monoisotopic (exact) mass is 489 g/mol. The number of hydrogen-bond donors (Lipinski definition) is 2. The van der Waals surface area contributed by atoms with Crippen LogP contribution in [-0.4, -0.2) is 24.5 Å². The lowest BCUT2D eigenvalue weighted by Crippen LogP contribution is -2.55. The molecule has 3 unspecified atom stereocenters. The number of hydrogen-bond acceptors (Lipinski definition) is 5. The highest BCUT2D eigenvalue weighted by molar-refractivity contribution is 9.10. The van der Waals surface area contributed by atoms with Crippen LogP contribution < -0.4 is 15.5 Å². The van der Waals surface area contributed by atoms with Crippen molar-refractivity contribution in [1.29, 1.82) is 0 Å². The van der Waals surface area contributed by atoms with Crippen molar-refractivity contribution in [3.63, 3.8) is 0 Å². The molecule has 7 heteroatoms. The molecule has 160 valence electrons. The van der Waals surface area contributed by atoms with Gasteiger partial charge in [-0.1, -0.05) is 58.4 Å². The second kappa shape index (κ2) is 7.10. The number of cyclic esters (lactones) is 1. The highest BCUT2D eigenvalue weighted by Crippen LogP contribution is 2.53. The zero-order chi connectivity index (χ0) is 21.9. The first kappa shape index (κ1) is 19.4. The summed E-state index contributed by atoms with van der Waals surface area (Å²) in [6, 6.07) is 23.1. The zero-order valence-corrected chi connectivity index (χ0v) is 18.6. The Hall–Kier alpha value is -3.32. The quantitative estimate of drug-likeness (QED) is 0.526. The van der Waals surface area contributed by atoms with E-state index in [1.54, 1.807) is 4.90 Å². The average molecular weight is 490 g/mol. The summed E-state index contributed by atoms with van der Waals surface area (Å²) in [4.78, 5) is 29.2. The van der Waals surface area contributed by atoms with Crippen LogP contribution >= 0.6 is 15.9 Å². The lowest BCUT2D eigenvalue weighted by atomic mass is 9.76. The molecule has 6 nitrogen and oxygen atoms in total. The fourth-order valence-corrected chi connectivity index (χ4v) is 5.54. The molecule has 3 heterocycles. The number of nitrogens with one attached hydrogen (secondary N) is 2. The van der Waals surface area contributed by atoms with Crippen molar-refractivity contribution in [3.8, 4) is 0 Å². The van der Waals surface area contributed by atoms with Crippen molar-refractivity contribution in [2.45, 2.75) is 18.1 Å². The zero-order valence-electron chi connectivity index (χ0n) is 17.0. The molecule has 3 atom stereocenters. The van der Waals surface area contributed by atoms with E-state index in [0.717, 1.165) is 32.7 Å². The molecule has 32 heavy (non-hydrogen) atoms. The maximum Gasteiger partial charge on any atom is 0.314 e. The van der Waals surface area contributed by atoms with Gasteiger partial charge in [0.05, 0.1) is 29.6 Å². The van der Waals surface area contributed by atoms with Crippen LogP contribution in [0, 0.1) is 5.92 Å². The standard InChI is InChI=1S/C25H20BrN3O3/c26-16-10-11-21-17(12-16)25(24(31)29(21)13-15-6-2-1-3-7-15)22-20(14-32-23(22)30)27-18-8-4-5-9-19(18)28-25/h1-12,20,22,27-28H,13-14H2. The summed E-state index contributed by atoms with van der Waals surface area (Å²) in [6.07, 6.45) is 0. The van der Waals surface area contributed by atoms with Gasteiger partial charge in [0.1, 0.15) is 12.5 Å². The fourth-order valence-electron chi connectivity index (χ4n) is 5.17. The smallest absolute Gasteiger partial charge is 0.314 e. The van der Waals surface area contributed by atoms with E-state index in [4.69, 9.17) is 4.74 Å². The highest BCUT2D eigenvalue weighted by atomic mass is 79.9. The Kier molecular flexibility index (Phi) is 4.30. The van der Waals surface area contributed by atoms with Crippen LogP contribution in [0.3, 0.4) is 0 Å². The van der Waals surface area contributed by atoms with Gasteiger partial charge in [0, 0.05) is 10.0 Å². The number of carbonyl (C=O) groups is 2. The van der Waals surface area contributed by atoms with E-state index in [1.807, 2.05) is 72.8 Å². The fraction of sp³-hybridized carbons (Fsp3) is 0.200. The molecular formula is C25H20BrN3O3. The van der Waals surface area contributed by atoms with E-state index in [0.29, 0.717) is 6.54 Å². The Balaban J connectivity index is 1.57. The third kappa shape index (κ3) is 2.70. The molecule has 0 radical (unpaired) electrons. The number of benzene rings is 3. The van der Waals surface area contributed by atoms with Crippen LogP contribution in [0.2, 0.25) is 0 Å². The molecule has 1 spiro atoms. The van der Waals surface area contributed by atoms with Crippen molar-refractivity contribution < 1.29 is 14.3 Å². The van der Waals surface area contributed by atoms with Crippen molar-refractivity contribution in [2.75, 3.05) is 22.1 Å².